The summed E-state index contributed by atoms with van der Waals surface area (Å²) < 4.78 is 0. The van der Waals surface area contributed by atoms with E-state index in [1.807, 2.05) is 0 Å². The van der Waals surface area contributed by atoms with Crippen molar-refractivity contribution in [1.82, 2.24) is 10.2 Å². The SMILES string of the molecule is O=C1CN(C(=O)CCCCO)CCN1. The second-order valence-corrected chi connectivity index (χ2v) is 3.35. The first-order valence-corrected chi connectivity index (χ1v) is 4.89. The number of hydrogen-bond donors (Lipinski definition) is 2. The zero-order valence-electron chi connectivity index (χ0n) is 8.16. The highest BCUT2D eigenvalue weighted by atomic mass is 16.3. The lowest BCUT2D eigenvalue weighted by Gasteiger charge is -2.26. The molecule has 0 radical (unpaired) electrons. The van der Waals surface area contributed by atoms with Gasteiger partial charge in [-0.3, -0.25) is 9.59 Å². The van der Waals surface area contributed by atoms with Crippen molar-refractivity contribution in [3.8, 4) is 0 Å². The van der Waals surface area contributed by atoms with Crippen LogP contribution in [0.15, 0.2) is 0 Å². The lowest BCUT2D eigenvalue weighted by molar-refractivity contribution is -0.138. The van der Waals surface area contributed by atoms with Gasteiger partial charge in [-0.15, -0.1) is 0 Å². The summed E-state index contributed by atoms with van der Waals surface area (Å²) in [5.74, 6) is -0.0833. The Bertz CT molecular complexity index is 218. The highest BCUT2D eigenvalue weighted by Crippen LogP contribution is 2.02. The topological polar surface area (TPSA) is 69.6 Å². The van der Waals surface area contributed by atoms with Gasteiger partial charge in [0, 0.05) is 26.1 Å². The maximum absolute atomic E-state index is 11.5. The van der Waals surface area contributed by atoms with Gasteiger partial charge in [-0.2, -0.15) is 0 Å². The number of aliphatic hydroxyl groups excluding tert-OH is 1. The first-order valence-electron chi connectivity index (χ1n) is 4.89. The molecule has 1 heterocycles. The highest BCUT2D eigenvalue weighted by Gasteiger charge is 2.20. The van der Waals surface area contributed by atoms with E-state index in [-0.39, 0.29) is 25.0 Å². The van der Waals surface area contributed by atoms with Gasteiger partial charge in [0.1, 0.15) is 0 Å². The number of piperazine rings is 1. The van der Waals surface area contributed by atoms with E-state index in [1.54, 1.807) is 4.90 Å². The minimum Gasteiger partial charge on any atom is -0.396 e. The number of unbranched alkanes of at least 4 members (excludes halogenated alkanes) is 1. The van der Waals surface area contributed by atoms with Crippen LogP contribution < -0.4 is 5.32 Å². The van der Waals surface area contributed by atoms with Crippen LogP contribution in [-0.2, 0) is 9.59 Å². The van der Waals surface area contributed by atoms with Gasteiger partial charge >= 0.3 is 0 Å². The molecule has 80 valence electrons. The highest BCUT2D eigenvalue weighted by molar-refractivity contribution is 5.85. The van der Waals surface area contributed by atoms with Crippen molar-refractivity contribution in [2.75, 3.05) is 26.2 Å². The molecule has 1 aliphatic heterocycles. The minimum absolute atomic E-state index is 0.00769. The number of aliphatic hydroxyl groups is 1. The Kier molecular flexibility index (Phi) is 4.39. The average Bonchev–Trinajstić information content (AvgIpc) is 2.18. The maximum atomic E-state index is 11.5. The molecule has 5 nitrogen and oxygen atoms in total. The lowest BCUT2D eigenvalue weighted by atomic mass is 10.2. The fourth-order valence-corrected chi connectivity index (χ4v) is 1.40. The van der Waals surface area contributed by atoms with Gasteiger partial charge in [-0.1, -0.05) is 0 Å². The van der Waals surface area contributed by atoms with E-state index in [1.165, 1.54) is 0 Å². The number of amides is 2. The third kappa shape index (κ3) is 3.33. The van der Waals surface area contributed by atoms with E-state index in [0.717, 1.165) is 0 Å². The van der Waals surface area contributed by atoms with Gasteiger partial charge in [-0.25, -0.2) is 0 Å². The van der Waals surface area contributed by atoms with E-state index in [2.05, 4.69) is 5.32 Å². The van der Waals surface area contributed by atoms with Gasteiger partial charge in [0.05, 0.1) is 6.54 Å². The molecule has 0 saturated carbocycles. The molecule has 0 unspecified atom stereocenters. The summed E-state index contributed by atoms with van der Waals surface area (Å²) in [6.07, 6.45) is 1.76. The molecule has 2 amide bonds. The normalized spacial score (nSPS) is 16.6. The van der Waals surface area contributed by atoms with Crippen molar-refractivity contribution in [1.29, 1.82) is 0 Å². The Labute approximate surface area is 83.1 Å². The smallest absolute Gasteiger partial charge is 0.239 e. The fourth-order valence-electron chi connectivity index (χ4n) is 1.40. The maximum Gasteiger partial charge on any atom is 0.239 e. The third-order valence-electron chi connectivity index (χ3n) is 2.19. The van der Waals surface area contributed by atoms with Gasteiger partial charge < -0.3 is 15.3 Å². The van der Waals surface area contributed by atoms with E-state index < -0.39 is 0 Å². The Morgan fingerprint density at radius 3 is 2.93 bits per heavy atom. The molecule has 5 heteroatoms. The molecule has 1 aliphatic rings. The fraction of sp³-hybridized carbons (Fsp3) is 0.778. The van der Waals surface area contributed by atoms with Gasteiger partial charge in [0.15, 0.2) is 0 Å². The van der Waals surface area contributed by atoms with E-state index in [9.17, 15) is 9.59 Å². The van der Waals surface area contributed by atoms with Crippen molar-refractivity contribution in [3.05, 3.63) is 0 Å². The molecule has 1 saturated heterocycles. The molecule has 0 aromatic heterocycles. The van der Waals surface area contributed by atoms with Crippen molar-refractivity contribution in [3.63, 3.8) is 0 Å². The van der Waals surface area contributed by atoms with Gasteiger partial charge in [-0.05, 0) is 12.8 Å². The Morgan fingerprint density at radius 2 is 2.29 bits per heavy atom. The molecule has 0 spiro atoms. The quantitative estimate of drug-likeness (QED) is 0.578. The predicted octanol–water partition coefficient (Wildman–Crippen LogP) is -0.893. The van der Waals surface area contributed by atoms with E-state index in [4.69, 9.17) is 5.11 Å². The molecule has 14 heavy (non-hydrogen) atoms. The number of nitrogens with zero attached hydrogens (tertiary/aromatic N) is 1. The summed E-state index contributed by atoms with van der Waals surface area (Å²) in [4.78, 5) is 24.0. The van der Waals surface area contributed by atoms with Crippen LogP contribution in [0.4, 0.5) is 0 Å². The van der Waals surface area contributed by atoms with Crippen molar-refractivity contribution in [2.45, 2.75) is 19.3 Å². The van der Waals surface area contributed by atoms with Crippen LogP contribution in [0.25, 0.3) is 0 Å². The molecule has 0 atom stereocenters. The molecule has 2 N–H and O–H groups in total. The zero-order chi connectivity index (χ0) is 10.4. The van der Waals surface area contributed by atoms with Crippen molar-refractivity contribution < 1.29 is 14.7 Å². The van der Waals surface area contributed by atoms with Crippen LogP contribution in [0.5, 0.6) is 0 Å². The third-order valence-corrected chi connectivity index (χ3v) is 2.19. The number of carbonyl (C=O) groups is 2. The number of carbonyl (C=O) groups excluding carboxylic acids is 2. The summed E-state index contributed by atoms with van der Waals surface area (Å²) in [7, 11) is 0. The van der Waals surface area contributed by atoms with Crippen LogP contribution in [-0.4, -0.2) is 48.1 Å². The largest absolute Gasteiger partial charge is 0.396 e. The Morgan fingerprint density at radius 1 is 1.50 bits per heavy atom. The van der Waals surface area contributed by atoms with Crippen LogP contribution in [0.2, 0.25) is 0 Å². The average molecular weight is 200 g/mol. The van der Waals surface area contributed by atoms with E-state index in [0.29, 0.717) is 32.4 Å². The monoisotopic (exact) mass is 200 g/mol. The molecule has 1 rings (SSSR count). The lowest BCUT2D eigenvalue weighted by Crippen LogP contribution is -2.49. The summed E-state index contributed by atoms with van der Waals surface area (Å²) >= 11 is 0. The van der Waals surface area contributed by atoms with Crippen LogP contribution >= 0.6 is 0 Å². The summed E-state index contributed by atoms with van der Waals surface area (Å²) in [5, 5.41) is 11.2. The number of rotatable bonds is 4. The first kappa shape index (κ1) is 11.0. The molecular formula is C9H16N2O3. The Hall–Kier alpha value is -1.10. The molecule has 0 bridgehead atoms. The summed E-state index contributed by atoms with van der Waals surface area (Å²) in [5.41, 5.74) is 0. The predicted molar refractivity (Wildman–Crippen MR) is 50.5 cm³/mol. The Balaban J connectivity index is 2.25. The van der Waals surface area contributed by atoms with Gasteiger partial charge in [0.25, 0.3) is 0 Å². The first-order chi connectivity index (χ1) is 6.74. The number of hydrogen-bond acceptors (Lipinski definition) is 3. The second kappa shape index (κ2) is 5.59. The van der Waals surface area contributed by atoms with Crippen molar-refractivity contribution in [2.24, 2.45) is 0 Å². The van der Waals surface area contributed by atoms with Crippen LogP contribution in [0.1, 0.15) is 19.3 Å². The second-order valence-electron chi connectivity index (χ2n) is 3.35. The van der Waals surface area contributed by atoms with Crippen LogP contribution in [0, 0.1) is 0 Å². The minimum atomic E-state index is -0.0910. The number of nitrogens with one attached hydrogen (secondary N) is 1. The summed E-state index contributed by atoms with van der Waals surface area (Å²) in [6, 6.07) is 0. The van der Waals surface area contributed by atoms with E-state index >= 15 is 0 Å². The zero-order valence-corrected chi connectivity index (χ0v) is 8.16. The molecule has 1 fully saturated rings. The standard InChI is InChI=1S/C9H16N2O3/c12-6-2-1-3-9(14)11-5-4-10-8(13)7-11/h12H,1-7H2,(H,10,13). The molecule has 0 aliphatic carbocycles. The molecular weight excluding hydrogens is 184 g/mol. The molecule has 0 aromatic rings. The van der Waals surface area contributed by atoms with Crippen LogP contribution in [0.3, 0.4) is 0 Å². The molecule has 0 aromatic carbocycles. The summed E-state index contributed by atoms with van der Waals surface area (Å²) in [6.45, 7) is 1.44. The van der Waals surface area contributed by atoms with Crippen molar-refractivity contribution >= 4 is 11.8 Å². The van der Waals surface area contributed by atoms with Gasteiger partial charge in [0.2, 0.25) is 11.8 Å².